The molecule has 3 rings (SSSR count). The lowest BCUT2D eigenvalue weighted by Gasteiger charge is -2.36. The van der Waals surface area contributed by atoms with Crippen molar-refractivity contribution in [2.75, 3.05) is 45.3 Å². The van der Waals surface area contributed by atoms with Crippen LogP contribution < -0.4 is 14.4 Å². The molecule has 1 N–H and O–H groups in total. The first-order valence-corrected chi connectivity index (χ1v) is 9.06. The van der Waals surface area contributed by atoms with Crippen LogP contribution in [0.1, 0.15) is 5.56 Å². The molecular formula is C19H23BrN2O3. The Morgan fingerprint density at radius 1 is 1.04 bits per heavy atom. The summed E-state index contributed by atoms with van der Waals surface area (Å²) in [6.07, 6.45) is 0. The fourth-order valence-electron chi connectivity index (χ4n) is 3.10. The molecule has 0 unspecified atom stereocenters. The zero-order chi connectivity index (χ0) is 17.8. The molecule has 0 aromatic heterocycles. The molecule has 25 heavy (non-hydrogen) atoms. The van der Waals surface area contributed by atoms with Gasteiger partial charge in [0.25, 0.3) is 0 Å². The van der Waals surface area contributed by atoms with Crippen LogP contribution in [0.4, 0.5) is 5.69 Å². The van der Waals surface area contributed by atoms with Crippen molar-refractivity contribution in [2.24, 2.45) is 0 Å². The molecule has 0 saturated carbocycles. The number of aromatic hydroxyl groups is 1. The van der Waals surface area contributed by atoms with E-state index in [2.05, 4.69) is 37.9 Å². The smallest absolute Gasteiger partial charge is 0.172 e. The van der Waals surface area contributed by atoms with Crippen LogP contribution in [-0.4, -0.2) is 50.4 Å². The van der Waals surface area contributed by atoms with Gasteiger partial charge < -0.3 is 19.5 Å². The molecule has 2 aromatic rings. The Hall–Kier alpha value is -1.92. The average Bonchev–Trinajstić information content (AvgIpc) is 2.65. The summed E-state index contributed by atoms with van der Waals surface area (Å²) >= 11 is 3.39. The minimum Gasteiger partial charge on any atom is -0.503 e. The van der Waals surface area contributed by atoms with Gasteiger partial charge in [0.1, 0.15) is 5.75 Å². The van der Waals surface area contributed by atoms with Crippen molar-refractivity contribution < 1.29 is 14.6 Å². The zero-order valence-electron chi connectivity index (χ0n) is 14.5. The van der Waals surface area contributed by atoms with Crippen LogP contribution in [0.2, 0.25) is 0 Å². The Kier molecular flexibility index (Phi) is 5.71. The number of methoxy groups -OCH3 is 2. The molecule has 134 valence electrons. The van der Waals surface area contributed by atoms with E-state index in [1.54, 1.807) is 14.2 Å². The lowest BCUT2D eigenvalue weighted by Crippen LogP contribution is -2.45. The Bertz CT molecular complexity index is 731. The third-order valence-electron chi connectivity index (χ3n) is 4.51. The molecule has 6 heteroatoms. The van der Waals surface area contributed by atoms with Crippen LogP contribution in [-0.2, 0) is 6.54 Å². The van der Waals surface area contributed by atoms with E-state index in [-0.39, 0.29) is 5.75 Å². The number of benzene rings is 2. The van der Waals surface area contributed by atoms with Crippen molar-refractivity contribution in [3.63, 3.8) is 0 Å². The van der Waals surface area contributed by atoms with Gasteiger partial charge in [-0.05, 0) is 45.8 Å². The summed E-state index contributed by atoms with van der Waals surface area (Å²) in [5.74, 6) is 1.54. The Morgan fingerprint density at radius 2 is 1.80 bits per heavy atom. The van der Waals surface area contributed by atoms with Gasteiger partial charge in [-0.1, -0.05) is 6.07 Å². The second-order valence-corrected chi connectivity index (χ2v) is 6.95. The fraction of sp³-hybridized carbons (Fsp3) is 0.368. The maximum atomic E-state index is 9.93. The van der Waals surface area contributed by atoms with Gasteiger partial charge in [0.15, 0.2) is 11.5 Å². The Balaban J connectivity index is 1.62. The number of halogens is 1. The van der Waals surface area contributed by atoms with E-state index >= 15 is 0 Å². The molecule has 1 saturated heterocycles. The third kappa shape index (κ3) is 4.19. The number of anilines is 1. The van der Waals surface area contributed by atoms with Crippen molar-refractivity contribution in [1.82, 2.24) is 4.90 Å². The number of ether oxygens (including phenoxy) is 2. The second-order valence-electron chi connectivity index (χ2n) is 6.09. The summed E-state index contributed by atoms with van der Waals surface area (Å²) in [7, 11) is 3.26. The highest BCUT2D eigenvalue weighted by Gasteiger charge is 2.19. The van der Waals surface area contributed by atoms with Gasteiger partial charge in [-0.2, -0.15) is 0 Å². The van der Waals surface area contributed by atoms with Gasteiger partial charge in [-0.15, -0.1) is 0 Å². The topological polar surface area (TPSA) is 45.2 Å². The maximum Gasteiger partial charge on any atom is 0.172 e. The fourth-order valence-corrected chi connectivity index (χ4v) is 3.59. The van der Waals surface area contributed by atoms with Gasteiger partial charge >= 0.3 is 0 Å². The third-order valence-corrected chi connectivity index (χ3v) is 5.11. The molecular weight excluding hydrogens is 384 g/mol. The Labute approximate surface area is 156 Å². The highest BCUT2D eigenvalue weighted by Crippen LogP contribution is 2.35. The first kappa shape index (κ1) is 17.9. The highest BCUT2D eigenvalue weighted by atomic mass is 79.9. The number of phenols is 1. The highest BCUT2D eigenvalue weighted by molar-refractivity contribution is 9.10. The Morgan fingerprint density at radius 3 is 2.48 bits per heavy atom. The van der Waals surface area contributed by atoms with Crippen LogP contribution in [0, 0.1) is 0 Å². The number of hydrogen-bond donors (Lipinski definition) is 1. The minimum absolute atomic E-state index is 0.147. The quantitative estimate of drug-likeness (QED) is 0.822. The van der Waals surface area contributed by atoms with Crippen LogP contribution >= 0.6 is 15.9 Å². The predicted molar refractivity (Wildman–Crippen MR) is 103 cm³/mol. The molecule has 0 aliphatic carbocycles. The first-order chi connectivity index (χ1) is 12.1. The summed E-state index contributed by atoms with van der Waals surface area (Å²) in [6.45, 7) is 4.75. The van der Waals surface area contributed by atoms with Crippen LogP contribution in [0.25, 0.3) is 0 Å². The summed E-state index contributed by atoms with van der Waals surface area (Å²) < 4.78 is 11.2. The van der Waals surface area contributed by atoms with E-state index in [1.807, 2.05) is 24.3 Å². The number of nitrogens with zero attached hydrogens (tertiary/aromatic N) is 2. The molecule has 1 aliphatic rings. The minimum atomic E-state index is 0.147. The van der Waals surface area contributed by atoms with Crippen molar-refractivity contribution in [3.8, 4) is 17.2 Å². The van der Waals surface area contributed by atoms with Crippen molar-refractivity contribution in [3.05, 3.63) is 46.4 Å². The molecule has 1 aliphatic heterocycles. The zero-order valence-corrected chi connectivity index (χ0v) is 16.1. The van der Waals surface area contributed by atoms with Crippen LogP contribution in [0.15, 0.2) is 40.9 Å². The van der Waals surface area contributed by atoms with Gasteiger partial charge in [0.05, 0.1) is 18.7 Å². The molecule has 0 radical (unpaired) electrons. The van der Waals surface area contributed by atoms with E-state index in [0.29, 0.717) is 10.2 Å². The van der Waals surface area contributed by atoms with Gasteiger partial charge in [-0.3, -0.25) is 4.90 Å². The van der Waals surface area contributed by atoms with Gasteiger partial charge in [0.2, 0.25) is 0 Å². The maximum absolute atomic E-state index is 9.93. The molecule has 0 bridgehead atoms. The van der Waals surface area contributed by atoms with Crippen LogP contribution in [0.3, 0.4) is 0 Å². The summed E-state index contributed by atoms with van der Waals surface area (Å²) in [5.41, 5.74) is 2.32. The summed E-state index contributed by atoms with van der Waals surface area (Å²) in [6, 6.07) is 12.1. The molecule has 0 amide bonds. The standard InChI is InChI=1S/C19H23BrN2O3/c1-24-16-5-3-4-15(12-16)22-8-6-21(7-9-22)13-14-10-17(20)19(23)18(11-14)25-2/h3-5,10-12,23H,6-9,13H2,1-2H3. The SMILES string of the molecule is COc1cccc(N2CCN(Cc3cc(Br)c(O)c(OC)c3)CC2)c1. The lowest BCUT2D eigenvalue weighted by atomic mass is 10.1. The first-order valence-electron chi connectivity index (χ1n) is 8.27. The predicted octanol–water partition coefficient (Wildman–Crippen LogP) is 3.49. The average molecular weight is 407 g/mol. The van der Waals surface area contributed by atoms with Crippen molar-refractivity contribution in [2.45, 2.75) is 6.54 Å². The van der Waals surface area contributed by atoms with Crippen molar-refractivity contribution >= 4 is 21.6 Å². The molecule has 0 atom stereocenters. The number of rotatable bonds is 5. The van der Waals surface area contributed by atoms with Crippen LogP contribution in [0.5, 0.6) is 17.2 Å². The van der Waals surface area contributed by atoms with E-state index < -0.39 is 0 Å². The molecule has 1 fully saturated rings. The van der Waals surface area contributed by atoms with E-state index in [0.717, 1.165) is 44.0 Å². The largest absolute Gasteiger partial charge is 0.503 e. The number of phenolic OH excluding ortho intramolecular Hbond substituents is 1. The molecule has 5 nitrogen and oxygen atoms in total. The van der Waals surface area contributed by atoms with E-state index in [9.17, 15) is 5.11 Å². The van der Waals surface area contributed by atoms with Crippen molar-refractivity contribution in [1.29, 1.82) is 0 Å². The van der Waals surface area contributed by atoms with E-state index in [4.69, 9.17) is 9.47 Å². The van der Waals surface area contributed by atoms with Gasteiger partial charge in [-0.25, -0.2) is 0 Å². The molecule has 2 aromatic carbocycles. The summed E-state index contributed by atoms with van der Waals surface area (Å²) in [5, 5.41) is 9.93. The van der Waals surface area contributed by atoms with Gasteiger partial charge in [0, 0.05) is 44.5 Å². The molecule has 1 heterocycles. The second kappa shape index (κ2) is 7.97. The number of hydrogen-bond acceptors (Lipinski definition) is 5. The number of piperazine rings is 1. The monoisotopic (exact) mass is 406 g/mol. The summed E-state index contributed by atoms with van der Waals surface area (Å²) in [4.78, 5) is 4.79. The normalized spacial score (nSPS) is 15.2. The lowest BCUT2D eigenvalue weighted by molar-refractivity contribution is 0.249. The van der Waals surface area contributed by atoms with E-state index in [1.165, 1.54) is 5.69 Å². The molecule has 0 spiro atoms.